The summed E-state index contributed by atoms with van der Waals surface area (Å²) in [7, 11) is 0. The van der Waals surface area contributed by atoms with Gasteiger partial charge in [-0.3, -0.25) is 4.79 Å². The molecule has 0 radical (unpaired) electrons. The molecule has 4 aromatic rings. The molecule has 5 rings (SSSR count). The number of fused-ring (bicyclic) bond motifs is 1. The molecular weight excluding hydrogens is 454 g/mol. The van der Waals surface area contributed by atoms with E-state index in [1.165, 1.54) is 5.56 Å². The number of hydrogen-bond acceptors (Lipinski definition) is 5. The van der Waals surface area contributed by atoms with Crippen LogP contribution in [0.5, 0.6) is 0 Å². The number of anilines is 1. The summed E-state index contributed by atoms with van der Waals surface area (Å²) >= 11 is 7.84. The first-order chi connectivity index (χ1) is 16.0. The zero-order valence-corrected chi connectivity index (χ0v) is 20.3. The summed E-state index contributed by atoms with van der Waals surface area (Å²) in [6.45, 7) is 6.23. The van der Waals surface area contributed by atoms with Gasteiger partial charge in [0.25, 0.3) is 0 Å². The van der Waals surface area contributed by atoms with Gasteiger partial charge in [-0.1, -0.05) is 53.3 Å². The molecule has 1 fully saturated rings. The molecule has 0 unspecified atom stereocenters. The third-order valence-electron chi connectivity index (χ3n) is 6.21. The van der Waals surface area contributed by atoms with Gasteiger partial charge in [-0.05, 0) is 56.0 Å². The first-order valence-corrected chi connectivity index (χ1v) is 12.4. The van der Waals surface area contributed by atoms with Crippen LogP contribution in [0.15, 0.2) is 48.5 Å². The lowest BCUT2D eigenvalue weighted by molar-refractivity contribution is -0.125. The van der Waals surface area contributed by atoms with Crippen molar-refractivity contribution in [2.24, 2.45) is 5.92 Å². The number of aromatic nitrogens is 3. The standard InChI is InChI=1S/C25H26ClN5OS/c1-16-7-3-4-8-18(16)14-27-24(32)19-9-6-12-30(15-19)25-28-23-22(33-25)17(2)29-31(23)21-11-5-10-20(26)13-21/h3-5,7-8,10-11,13,19H,6,9,12,14-15H2,1-2H3,(H,27,32)/t19-/m1/s1. The molecule has 0 aliphatic carbocycles. The maximum absolute atomic E-state index is 12.9. The summed E-state index contributed by atoms with van der Waals surface area (Å²) in [4.78, 5) is 20.1. The number of halogens is 1. The molecule has 170 valence electrons. The van der Waals surface area contributed by atoms with Gasteiger partial charge in [0.2, 0.25) is 5.91 Å². The van der Waals surface area contributed by atoms with Crippen molar-refractivity contribution >= 4 is 44.3 Å². The summed E-state index contributed by atoms with van der Waals surface area (Å²) in [5, 5.41) is 9.42. The number of piperidine rings is 1. The number of hydrogen-bond donors (Lipinski definition) is 1. The first-order valence-electron chi connectivity index (χ1n) is 11.2. The number of benzene rings is 2. The van der Waals surface area contributed by atoms with E-state index in [0.717, 1.165) is 51.8 Å². The van der Waals surface area contributed by atoms with Crippen molar-refractivity contribution in [1.29, 1.82) is 0 Å². The Hall–Kier alpha value is -2.90. The molecule has 1 saturated heterocycles. The Kier molecular flexibility index (Phi) is 6.08. The van der Waals surface area contributed by atoms with Crippen molar-refractivity contribution in [1.82, 2.24) is 20.1 Å². The number of rotatable bonds is 5. The van der Waals surface area contributed by atoms with Crippen molar-refractivity contribution in [2.45, 2.75) is 33.2 Å². The van der Waals surface area contributed by atoms with Crippen LogP contribution in [0.4, 0.5) is 5.13 Å². The number of thiazole rings is 1. The lowest BCUT2D eigenvalue weighted by Gasteiger charge is -2.31. The van der Waals surface area contributed by atoms with E-state index < -0.39 is 0 Å². The summed E-state index contributed by atoms with van der Waals surface area (Å²) < 4.78 is 2.92. The van der Waals surface area contributed by atoms with Crippen LogP contribution in [0, 0.1) is 19.8 Å². The lowest BCUT2D eigenvalue weighted by Crippen LogP contribution is -2.43. The molecule has 1 aliphatic heterocycles. The lowest BCUT2D eigenvalue weighted by atomic mass is 9.97. The number of carbonyl (C=O) groups excluding carboxylic acids is 1. The van der Waals surface area contributed by atoms with Gasteiger partial charge in [-0.2, -0.15) is 10.1 Å². The highest BCUT2D eigenvalue weighted by atomic mass is 35.5. The number of nitrogens with one attached hydrogen (secondary N) is 1. The topological polar surface area (TPSA) is 63.1 Å². The van der Waals surface area contributed by atoms with Crippen molar-refractivity contribution < 1.29 is 4.79 Å². The van der Waals surface area contributed by atoms with Crippen LogP contribution in [0.25, 0.3) is 16.0 Å². The van der Waals surface area contributed by atoms with Crippen LogP contribution in [0.2, 0.25) is 5.02 Å². The highest BCUT2D eigenvalue weighted by molar-refractivity contribution is 7.22. The second kappa shape index (κ2) is 9.15. The van der Waals surface area contributed by atoms with Gasteiger partial charge in [0.05, 0.1) is 22.0 Å². The Labute approximate surface area is 202 Å². The van der Waals surface area contributed by atoms with Crippen LogP contribution in [-0.2, 0) is 11.3 Å². The molecule has 0 saturated carbocycles. The van der Waals surface area contributed by atoms with Crippen LogP contribution < -0.4 is 10.2 Å². The molecule has 1 N–H and O–H groups in total. The Morgan fingerprint density at radius 2 is 2.06 bits per heavy atom. The predicted octanol–water partition coefficient (Wildman–Crippen LogP) is 5.29. The second-order valence-electron chi connectivity index (χ2n) is 8.56. The average Bonchev–Trinajstić information content (AvgIpc) is 3.39. The molecule has 3 heterocycles. The van der Waals surface area contributed by atoms with Crippen LogP contribution in [0.3, 0.4) is 0 Å². The van der Waals surface area contributed by atoms with Crippen LogP contribution in [-0.4, -0.2) is 33.8 Å². The summed E-state index contributed by atoms with van der Waals surface area (Å²) in [6, 6.07) is 15.8. The van der Waals surface area contributed by atoms with Gasteiger partial charge < -0.3 is 10.2 Å². The monoisotopic (exact) mass is 479 g/mol. The highest BCUT2D eigenvalue weighted by Crippen LogP contribution is 2.34. The molecule has 2 aromatic heterocycles. The minimum Gasteiger partial charge on any atom is -0.352 e. The smallest absolute Gasteiger partial charge is 0.225 e. The zero-order valence-electron chi connectivity index (χ0n) is 18.7. The maximum Gasteiger partial charge on any atom is 0.225 e. The van der Waals surface area contributed by atoms with E-state index >= 15 is 0 Å². The SMILES string of the molecule is Cc1ccccc1CNC(=O)[C@@H]1CCCN(c2nc3c(s2)c(C)nn3-c2cccc(Cl)c2)C1. The second-order valence-corrected chi connectivity index (χ2v) is 9.97. The van der Waals surface area contributed by atoms with Gasteiger partial charge >= 0.3 is 0 Å². The minimum atomic E-state index is -0.0414. The molecule has 8 heteroatoms. The summed E-state index contributed by atoms with van der Waals surface area (Å²) in [6.07, 6.45) is 1.87. The van der Waals surface area contributed by atoms with Crippen LogP contribution >= 0.6 is 22.9 Å². The maximum atomic E-state index is 12.9. The Morgan fingerprint density at radius 1 is 1.21 bits per heavy atom. The Bertz CT molecular complexity index is 1310. The molecule has 6 nitrogen and oxygen atoms in total. The van der Waals surface area contributed by atoms with Gasteiger partial charge in [-0.25, -0.2) is 4.68 Å². The molecule has 33 heavy (non-hydrogen) atoms. The highest BCUT2D eigenvalue weighted by Gasteiger charge is 2.28. The Morgan fingerprint density at radius 3 is 2.88 bits per heavy atom. The van der Waals surface area contributed by atoms with Gasteiger partial charge in [0, 0.05) is 24.7 Å². The van der Waals surface area contributed by atoms with E-state index in [9.17, 15) is 4.79 Å². The van der Waals surface area contributed by atoms with Crippen molar-refractivity contribution in [3.8, 4) is 5.69 Å². The number of nitrogens with zero attached hydrogens (tertiary/aromatic N) is 4. The van der Waals surface area contributed by atoms with Gasteiger partial charge in [0.15, 0.2) is 10.8 Å². The molecule has 0 bridgehead atoms. The normalized spacial score (nSPS) is 16.3. The largest absolute Gasteiger partial charge is 0.352 e. The minimum absolute atomic E-state index is 0.0414. The Balaban J connectivity index is 1.33. The summed E-state index contributed by atoms with van der Waals surface area (Å²) in [5.41, 5.74) is 5.02. The average molecular weight is 480 g/mol. The molecular formula is C25H26ClN5OS. The third kappa shape index (κ3) is 4.48. The molecule has 1 aliphatic rings. The fourth-order valence-corrected chi connectivity index (χ4v) is 5.55. The first kappa shape index (κ1) is 21.9. The van der Waals surface area contributed by atoms with E-state index in [0.29, 0.717) is 18.1 Å². The summed E-state index contributed by atoms with van der Waals surface area (Å²) in [5.74, 6) is 0.0747. The van der Waals surface area contributed by atoms with Gasteiger partial charge in [-0.15, -0.1) is 0 Å². The van der Waals surface area contributed by atoms with Crippen molar-refractivity contribution in [3.63, 3.8) is 0 Å². The van der Waals surface area contributed by atoms with Crippen LogP contribution in [0.1, 0.15) is 29.7 Å². The van der Waals surface area contributed by atoms with E-state index in [1.54, 1.807) is 11.3 Å². The number of aryl methyl sites for hydroxylation is 2. The van der Waals surface area contributed by atoms with E-state index in [1.807, 2.05) is 48.0 Å². The molecule has 1 atom stereocenters. The third-order valence-corrected chi connectivity index (χ3v) is 7.66. The van der Waals surface area contributed by atoms with E-state index in [-0.39, 0.29) is 11.8 Å². The van der Waals surface area contributed by atoms with E-state index in [4.69, 9.17) is 16.6 Å². The molecule has 2 aromatic carbocycles. The van der Waals surface area contributed by atoms with Crippen molar-refractivity contribution in [3.05, 3.63) is 70.4 Å². The zero-order chi connectivity index (χ0) is 22.9. The van der Waals surface area contributed by atoms with Gasteiger partial charge in [0.1, 0.15) is 0 Å². The van der Waals surface area contributed by atoms with E-state index in [2.05, 4.69) is 34.4 Å². The van der Waals surface area contributed by atoms with Crippen molar-refractivity contribution in [2.75, 3.05) is 18.0 Å². The number of carbonyl (C=O) groups is 1. The molecule has 1 amide bonds. The predicted molar refractivity (Wildman–Crippen MR) is 134 cm³/mol. The quantitative estimate of drug-likeness (QED) is 0.422. The fraction of sp³-hybridized carbons (Fsp3) is 0.320. The fourth-order valence-electron chi connectivity index (χ4n) is 4.35. The number of amides is 1. The molecule has 0 spiro atoms.